The van der Waals surface area contributed by atoms with Crippen molar-refractivity contribution >= 4 is 61.9 Å². The summed E-state index contributed by atoms with van der Waals surface area (Å²) < 4.78 is 14.4. The average molecular weight is 792 g/mol. The van der Waals surface area contributed by atoms with Crippen molar-refractivity contribution in [1.82, 2.24) is 29.7 Å². The number of anilines is 1. The maximum Gasteiger partial charge on any atom is 0.169 e. The summed E-state index contributed by atoms with van der Waals surface area (Å²) in [4.78, 5) is 14.9. The molecule has 0 radical (unpaired) electrons. The normalized spacial score (nSPS) is 11.5. The van der Waals surface area contributed by atoms with Gasteiger partial charge in [-0.15, -0.1) is 10.2 Å². The first kappa shape index (κ1) is 35.6. The Hall–Kier alpha value is -8.57. The number of amidine groups is 1. The van der Waals surface area contributed by atoms with E-state index in [9.17, 15) is 5.41 Å². The summed E-state index contributed by atoms with van der Waals surface area (Å²) in [5.74, 6) is 1.76. The number of furan rings is 2. The number of nitrogens with one attached hydrogen (secondary N) is 2. The van der Waals surface area contributed by atoms with E-state index >= 15 is 0 Å². The lowest BCUT2D eigenvalue weighted by molar-refractivity contribution is 0.668. The molecule has 11 nitrogen and oxygen atoms in total. The van der Waals surface area contributed by atoms with Crippen molar-refractivity contribution in [3.63, 3.8) is 0 Å². The number of aromatic nitrogens is 6. The molecule has 0 aliphatic carbocycles. The van der Waals surface area contributed by atoms with E-state index in [-0.39, 0.29) is 5.84 Å². The number of nitrogens with zero attached hydrogens (tertiary/aromatic N) is 7. The van der Waals surface area contributed by atoms with Crippen molar-refractivity contribution in [2.75, 3.05) is 4.90 Å². The van der Waals surface area contributed by atoms with Crippen LogP contribution < -0.4 is 4.90 Å². The molecule has 0 saturated heterocycles. The summed E-state index contributed by atoms with van der Waals surface area (Å²) in [7, 11) is 0. The summed E-state index contributed by atoms with van der Waals surface area (Å²) >= 11 is 0. The molecule has 0 unspecified atom stereocenters. The van der Waals surface area contributed by atoms with Crippen LogP contribution in [0.4, 0.5) is 5.82 Å². The molecule has 11 rings (SSSR count). The van der Waals surface area contributed by atoms with Gasteiger partial charge in [-0.2, -0.15) is 0 Å². The fourth-order valence-corrected chi connectivity index (χ4v) is 8.01. The van der Waals surface area contributed by atoms with E-state index in [0.29, 0.717) is 23.0 Å². The van der Waals surface area contributed by atoms with Gasteiger partial charge in [-0.05, 0) is 138 Å². The monoisotopic (exact) mass is 791 g/mol. The van der Waals surface area contributed by atoms with Crippen LogP contribution in [0.3, 0.4) is 0 Å². The van der Waals surface area contributed by atoms with Gasteiger partial charge >= 0.3 is 0 Å². The van der Waals surface area contributed by atoms with E-state index in [1.165, 1.54) is 10.5 Å². The van der Waals surface area contributed by atoms with Crippen LogP contribution in [0, 0.1) is 10.8 Å². The topological polar surface area (TPSA) is 147 Å². The van der Waals surface area contributed by atoms with Gasteiger partial charge in [0.05, 0.1) is 12.0 Å². The molecule has 0 amide bonds. The lowest BCUT2D eigenvalue weighted by atomic mass is 9.96. The van der Waals surface area contributed by atoms with Crippen molar-refractivity contribution < 1.29 is 8.83 Å². The molecule has 5 aromatic carbocycles. The van der Waals surface area contributed by atoms with Gasteiger partial charge in [-0.25, -0.2) is 9.97 Å². The van der Waals surface area contributed by atoms with E-state index in [1.54, 1.807) is 30.9 Å². The van der Waals surface area contributed by atoms with E-state index < -0.39 is 0 Å². The molecule has 11 aromatic rings. The fourth-order valence-electron chi connectivity index (χ4n) is 8.01. The molecule has 11 heteroatoms. The number of fused-ring (bicyclic) bond motifs is 6. The molecule has 6 aromatic heterocycles. The number of benzene rings is 5. The fraction of sp³-hybridized carbons (Fsp3) is 0.0200. The summed E-state index contributed by atoms with van der Waals surface area (Å²) in [5, 5.41) is 30.4. The molecule has 6 heterocycles. The minimum absolute atomic E-state index is 0.0791. The minimum atomic E-state index is 0.0791. The highest BCUT2D eigenvalue weighted by Crippen LogP contribution is 2.37. The maximum atomic E-state index is 9.33. The molecule has 0 spiro atoms. The van der Waals surface area contributed by atoms with Crippen LogP contribution in [0.2, 0.25) is 0 Å². The predicted molar refractivity (Wildman–Crippen MR) is 239 cm³/mol. The van der Waals surface area contributed by atoms with Gasteiger partial charge in [-0.3, -0.25) is 25.3 Å². The van der Waals surface area contributed by atoms with Gasteiger partial charge in [0.2, 0.25) is 0 Å². The average Bonchev–Trinajstić information content (AvgIpc) is 4.05. The molecule has 61 heavy (non-hydrogen) atoms. The third-order valence-electron chi connectivity index (χ3n) is 10.9. The second kappa shape index (κ2) is 14.7. The molecule has 0 bridgehead atoms. The summed E-state index contributed by atoms with van der Waals surface area (Å²) in [5.41, 5.74) is 10.6. The molecule has 290 valence electrons. The number of hydrogen-bond acceptors (Lipinski definition) is 9. The van der Waals surface area contributed by atoms with Crippen LogP contribution in [-0.2, 0) is 6.42 Å². The van der Waals surface area contributed by atoms with Crippen LogP contribution in [0.5, 0.6) is 0 Å². The van der Waals surface area contributed by atoms with Crippen molar-refractivity contribution in [1.29, 1.82) is 10.8 Å². The van der Waals surface area contributed by atoms with Gasteiger partial charge < -0.3 is 8.83 Å². The summed E-state index contributed by atoms with van der Waals surface area (Å²) in [6.45, 7) is 0. The van der Waals surface area contributed by atoms with Crippen LogP contribution in [0.25, 0.3) is 83.5 Å². The smallest absolute Gasteiger partial charge is 0.169 e. The minimum Gasteiger partial charge on any atom is -0.456 e. The molecule has 0 aliphatic rings. The van der Waals surface area contributed by atoms with E-state index in [4.69, 9.17) is 14.2 Å². The Morgan fingerprint density at radius 3 is 1.82 bits per heavy atom. The summed E-state index contributed by atoms with van der Waals surface area (Å²) in [6, 6.07) is 48.1. The molecule has 0 aliphatic heterocycles. The SMILES string of the molecule is N=CN(C(=N)c1cc(-c2ccc3oc4ccc(Cc5ccc6oc7ccc(-c8ccccn8)cc7c6c5)cc4c3c2)cc(-c2nncn2-c2ccccn2)c1)c1ccccn1. The standard InChI is InChI=1S/C50H33N9O2/c51-29-58(47-8-2-5-19-54-47)49(52)36-24-35(25-37(26-36)50-57-56-30-59(50)48-9-3-6-20-55-48)33-12-16-45-40(27-33)38-22-31(10-14-43(38)60-45)21-32-11-15-44-39(23-32)41-28-34(13-17-46(41)61-44)42-7-1-4-18-53-42/h1-20,22-30,51-52H,21H2. The Bertz CT molecular complexity index is 3450. The first-order chi connectivity index (χ1) is 30.1. The van der Waals surface area contributed by atoms with E-state index in [1.807, 2.05) is 95.7 Å². The van der Waals surface area contributed by atoms with E-state index in [2.05, 4.69) is 73.7 Å². The van der Waals surface area contributed by atoms with Crippen LogP contribution in [0.15, 0.2) is 179 Å². The van der Waals surface area contributed by atoms with Gasteiger partial charge in [0.25, 0.3) is 0 Å². The highest BCUT2D eigenvalue weighted by Gasteiger charge is 2.20. The highest BCUT2D eigenvalue weighted by molar-refractivity contribution is 6.17. The molecule has 0 atom stereocenters. The molecule has 0 saturated carbocycles. The Labute approximate surface area is 348 Å². The predicted octanol–water partition coefficient (Wildman–Crippen LogP) is 11.3. The van der Waals surface area contributed by atoms with Gasteiger partial charge in [-0.1, -0.05) is 36.4 Å². The first-order valence-corrected chi connectivity index (χ1v) is 19.7. The second-order valence-corrected chi connectivity index (χ2v) is 14.7. The van der Waals surface area contributed by atoms with Crippen molar-refractivity contribution in [2.45, 2.75) is 6.42 Å². The Kier molecular flexibility index (Phi) is 8.56. The van der Waals surface area contributed by atoms with E-state index in [0.717, 1.165) is 90.1 Å². The Morgan fingerprint density at radius 1 is 0.574 bits per heavy atom. The summed E-state index contributed by atoms with van der Waals surface area (Å²) in [6.07, 6.45) is 8.63. The van der Waals surface area contributed by atoms with Gasteiger partial charge in [0.15, 0.2) is 5.82 Å². The zero-order chi connectivity index (χ0) is 40.9. The molecular formula is C50H33N9O2. The van der Waals surface area contributed by atoms with Crippen molar-refractivity contribution in [3.8, 4) is 39.6 Å². The van der Waals surface area contributed by atoms with Gasteiger partial charge in [0.1, 0.15) is 46.1 Å². The number of hydrogen-bond donors (Lipinski definition) is 2. The molecular weight excluding hydrogens is 759 g/mol. The molecule has 2 N–H and O–H groups in total. The van der Waals surface area contributed by atoms with Crippen LogP contribution in [-0.4, -0.2) is 41.9 Å². The quantitative estimate of drug-likeness (QED) is 0.108. The Morgan fingerprint density at radius 2 is 1.18 bits per heavy atom. The number of rotatable bonds is 9. The Balaban J connectivity index is 0.983. The van der Waals surface area contributed by atoms with Crippen molar-refractivity contribution in [3.05, 3.63) is 187 Å². The lowest BCUT2D eigenvalue weighted by Crippen LogP contribution is -2.30. The van der Waals surface area contributed by atoms with Crippen LogP contribution >= 0.6 is 0 Å². The van der Waals surface area contributed by atoms with Crippen molar-refractivity contribution in [2.24, 2.45) is 0 Å². The third kappa shape index (κ3) is 6.46. The van der Waals surface area contributed by atoms with Gasteiger partial charge in [0, 0.05) is 56.8 Å². The second-order valence-electron chi connectivity index (χ2n) is 14.7. The zero-order valence-electron chi connectivity index (χ0n) is 32.4. The number of pyridine rings is 3. The largest absolute Gasteiger partial charge is 0.456 e. The zero-order valence-corrected chi connectivity index (χ0v) is 32.4. The maximum absolute atomic E-state index is 9.33. The highest BCUT2D eigenvalue weighted by atomic mass is 16.3. The molecule has 0 fully saturated rings. The lowest BCUT2D eigenvalue weighted by Gasteiger charge is -2.20. The first-order valence-electron chi connectivity index (χ1n) is 19.7. The third-order valence-corrected chi connectivity index (χ3v) is 10.9. The van der Waals surface area contributed by atoms with Crippen LogP contribution in [0.1, 0.15) is 16.7 Å².